The number of hydrogen-bond acceptors (Lipinski definition) is 7. The highest BCUT2D eigenvalue weighted by Gasteiger charge is 2.31. The first kappa shape index (κ1) is 22.4. The molecule has 178 valence electrons. The van der Waals surface area contributed by atoms with Gasteiger partial charge in [0.1, 0.15) is 11.6 Å². The number of nitrogen functional groups attached to an aromatic ring is 1. The van der Waals surface area contributed by atoms with Gasteiger partial charge in [0.2, 0.25) is 0 Å². The predicted octanol–water partition coefficient (Wildman–Crippen LogP) is 2.83. The third kappa shape index (κ3) is 4.28. The number of pyridine rings is 2. The highest BCUT2D eigenvalue weighted by molar-refractivity contribution is 6.39. The molecular weight excluding hydrogens is 453 g/mol. The molecule has 0 aliphatic carbocycles. The van der Waals surface area contributed by atoms with E-state index in [2.05, 4.69) is 25.5 Å². The fraction of sp³-hybridized carbons (Fsp3) is 0.208. The summed E-state index contributed by atoms with van der Waals surface area (Å²) in [5, 5.41) is 10.4. The summed E-state index contributed by atoms with van der Waals surface area (Å²) in [6.07, 6.45) is 4.52. The van der Waals surface area contributed by atoms with E-state index in [1.165, 1.54) is 29.4 Å². The lowest BCUT2D eigenvalue weighted by atomic mass is 10.1. The van der Waals surface area contributed by atoms with Crippen LogP contribution in [-0.2, 0) is 34.1 Å². The molecule has 1 aliphatic rings. The number of benzene rings is 1. The molecule has 4 N–H and O–H groups in total. The molecule has 1 unspecified atom stereocenters. The van der Waals surface area contributed by atoms with Crippen molar-refractivity contribution < 1.29 is 18.7 Å². The summed E-state index contributed by atoms with van der Waals surface area (Å²) in [6.45, 7) is 2.20. The Morgan fingerprint density at radius 2 is 2.06 bits per heavy atom. The van der Waals surface area contributed by atoms with Crippen molar-refractivity contribution >= 4 is 34.2 Å². The summed E-state index contributed by atoms with van der Waals surface area (Å²) in [5.41, 5.74) is 9.16. The Labute approximate surface area is 199 Å². The first-order chi connectivity index (χ1) is 16.9. The Morgan fingerprint density at radius 3 is 2.89 bits per heavy atom. The number of ether oxygens (including phenoxy) is 1. The van der Waals surface area contributed by atoms with E-state index in [1.807, 2.05) is 18.2 Å². The van der Waals surface area contributed by atoms with Crippen LogP contribution in [0.3, 0.4) is 0 Å². The number of carbonyl (C=O) groups is 2. The van der Waals surface area contributed by atoms with Crippen molar-refractivity contribution in [1.82, 2.24) is 25.1 Å². The minimum atomic E-state index is -0.892. The highest BCUT2D eigenvalue weighted by Crippen LogP contribution is 2.30. The molecule has 1 aliphatic heterocycles. The third-order valence-electron chi connectivity index (χ3n) is 6.04. The third-order valence-corrected chi connectivity index (χ3v) is 6.04. The Kier molecular flexibility index (Phi) is 5.83. The predicted molar refractivity (Wildman–Crippen MR) is 125 cm³/mol. The average Bonchev–Trinajstić information content (AvgIpc) is 3.54. The summed E-state index contributed by atoms with van der Waals surface area (Å²) in [4.78, 5) is 36.0. The molecule has 4 heterocycles. The van der Waals surface area contributed by atoms with Gasteiger partial charge in [-0.25, -0.2) is 9.37 Å². The number of nitrogens with one attached hydrogen (secondary N) is 2. The molecule has 35 heavy (non-hydrogen) atoms. The standard InChI is InChI=1S/C24H22FN7O3/c1-13(21-18(25)3-2-6-27-21)32(10-14-4-5-15-8-29-31-19(15)7-14)24(34)23(33)30-20-9-28-22(26)17-12-35-11-16(17)20/h2-9,13H,10-12H2,1H3,(H2,26,28)(H,29,31)(H,30,33). The van der Waals surface area contributed by atoms with Gasteiger partial charge >= 0.3 is 11.8 Å². The molecule has 0 radical (unpaired) electrons. The zero-order valence-electron chi connectivity index (χ0n) is 18.8. The molecule has 0 saturated heterocycles. The fourth-order valence-electron chi connectivity index (χ4n) is 4.12. The van der Waals surface area contributed by atoms with Crippen molar-refractivity contribution in [3.8, 4) is 0 Å². The molecular formula is C24H22FN7O3. The molecule has 0 bridgehead atoms. The second-order valence-corrected chi connectivity index (χ2v) is 8.23. The van der Waals surface area contributed by atoms with Gasteiger partial charge in [-0.2, -0.15) is 5.10 Å². The molecule has 0 spiro atoms. The van der Waals surface area contributed by atoms with Crippen LogP contribution in [0.2, 0.25) is 0 Å². The van der Waals surface area contributed by atoms with Crippen molar-refractivity contribution in [3.63, 3.8) is 0 Å². The number of nitrogens with two attached hydrogens (primary N) is 1. The highest BCUT2D eigenvalue weighted by atomic mass is 19.1. The van der Waals surface area contributed by atoms with E-state index in [1.54, 1.807) is 13.1 Å². The summed E-state index contributed by atoms with van der Waals surface area (Å²) in [7, 11) is 0. The molecule has 10 nitrogen and oxygen atoms in total. The second kappa shape index (κ2) is 9.11. The van der Waals surface area contributed by atoms with E-state index in [4.69, 9.17) is 10.5 Å². The van der Waals surface area contributed by atoms with Crippen LogP contribution in [0.25, 0.3) is 10.9 Å². The van der Waals surface area contributed by atoms with Gasteiger partial charge in [0.25, 0.3) is 0 Å². The van der Waals surface area contributed by atoms with Crippen LogP contribution < -0.4 is 11.1 Å². The molecule has 11 heteroatoms. The lowest BCUT2D eigenvalue weighted by Crippen LogP contribution is -2.41. The number of carbonyl (C=O) groups excluding carboxylic acids is 2. The molecule has 5 rings (SSSR count). The monoisotopic (exact) mass is 475 g/mol. The smallest absolute Gasteiger partial charge is 0.313 e. The lowest BCUT2D eigenvalue weighted by Gasteiger charge is -2.29. The first-order valence-corrected chi connectivity index (χ1v) is 10.9. The van der Waals surface area contributed by atoms with Crippen LogP contribution in [0, 0.1) is 5.82 Å². The van der Waals surface area contributed by atoms with Crippen molar-refractivity contribution in [3.05, 3.63) is 77.1 Å². The lowest BCUT2D eigenvalue weighted by molar-refractivity contribution is -0.145. The maximum Gasteiger partial charge on any atom is 0.313 e. The van der Waals surface area contributed by atoms with Gasteiger partial charge in [0.15, 0.2) is 0 Å². The zero-order valence-corrected chi connectivity index (χ0v) is 18.8. The zero-order chi connectivity index (χ0) is 24.5. The molecule has 3 aromatic heterocycles. The Morgan fingerprint density at radius 1 is 1.23 bits per heavy atom. The number of hydrogen-bond donors (Lipinski definition) is 3. The number of aromatic nitrogens is 4. The number of halogens is 1. The first-order valence-electron chi connectivity index (χ1n) is 10.9. The normalized spacial score (nSPS) is 13.4. The number of H-pyrrole nitrogens is 1. The summed E-state index contributed by atoms with van der Waals surface area (Å²) in [5.74, 6) is -2.00. The molecule has 4 aromatic rings. The second-order valence-electron chi connectivity index (χ2n) is 8.23. The summed E-state index contributed by atoms with van der Waals surface area (Å²) < 4.78 is 20.0. The fourth-order valence-corrected chi connectivity index (χ4v) is 4.12. The van der Waals surface area contributed by atoms with Crippen LogP contribution >= 0.6 is 0 Å². The van der Waals surface area contributed by atoms with Crippen molar-refractivity contribution in [2.45, 2.75) is 32.7 Å². The molecule has 0 saturated carbocycles. The van der Waals surface area contributed by atoms with Crippen LogP contribution in [0.4, 0.5) is 15.9 Å². The topological polar surface area (TPSA) is 139 Å². The summed E-state index contributed by atoms with van der Waals surface area (Å²) in [6, 6.07) is 7.41. The maximum atomic E-state index is 14.6. The van der Waals surface area contributed by atoms with E-state index in [-0.39, 0.29) is 25.5 Å². The van der Waals surface area contributed by atoms with E-state index < -0.39 is 23.7 Å². The van der Waals surface area contributed by atoms with E-state index >= 15 is 0 Å². The quantitative estimate of drug-likeness (QED) is 0.377. The number of fused-ring (bicyclic) bond motifs is 2. The SMILES string of the molecule is CC(c1ncccc1F)N(Cc1ccc2cn[nH]c2c1)C(=O)C(=O)Nc1cnc(N)c2c1COC2. The van der Waals surface area contributed by atoms with Crippen LogP contribution in [0.15, 0.2) is 48.9 Å². The van der Waals surface area contributed by atoms with Gasteiger partial charge < -0.3 is 20.7 Å². The van der Waals surface area contributed by atoms with Crippen molar-refractivity contribution in [2.75, 3.05) is 11.1 Å². The largest absolute Gasteiger partial charge is 0.383 e. The number of aromatic amines is 1. The Hall–Kier alpha value is -4.38. The van der Waals surface area contributed by atoms with Crippen LogP contribution in [0.5, 0.6) is 0 Å². The maximum absolute atomic E-state index is 14.6. The molecule has 2 amide bonds. The van der Waals surface area contributed by atoms with Crippen molar-refractivity contribution in [2.24, 2.45) is 0 Å². The Bertz CT molecular complexity index is 1440. The van der Waals surface area contributed by atoms with Gasteiger partial charge in [0, 0.05) is 29.3 Å². The van der Waals surface area contributed by atoms with E-state index in [0.29, 0.717) is 22.6 Å². The number of rotatable bonds is 5. The van der Waals surface area contributed by atoms with Gasteiger partial charge in [-0.15, -0.1) is 0 Å². The Balaban J connectivity index is 1.45. The van der Waals surface area contributed by atoms with Crippen LogP contribution in [0.1, 0.15) is 35.3 Å². The number of anilines is 2. The van der Waals surface area contributed by atoms with Crippen molar-refractivity contribution in [1.29, 1.82) is 0 Å². The van der Waals surface area contributed by atoms with Gasteiger partial charge in [0.05, 0.1) is 48.5 Å². The number of amides is 2. The van der Waals surface area contributed by atoms with Crippen LogP contribution in [-0.4, -0.2) is 36.9 Å². The molecule has 0 fully saturated rings. The van der Waals surface area contributed by atoms with Gasteiger partial charge in [-0.3, -0.25) is 19.7 Å². The molecule has 1 aromatic carbocycles. The van der Waals surface area contributed by atoms with E-state index in [0.717, 1.165) is 16.5 Å². The van der Waals surface area contributed by atoms with E-state index in [9.17, 15) is 14.0 Å². The summed E-state index contributed by atoms with van der Waals surface area (Å²) >= 11 is 0. The van der Waals surface area contributed by atoms with Gasteiger partial charge in [-0.1, -0.05) is 12.1 Å². The van der Waals surface area contributed by atoms with Gasteiger partial charge in [-0.05, 0) is 30.7 Å². The average molecular weight is 475 g/mol. The minimum Gasteiger partial charge on any atom is -0.383 e. The number of nitrogens with zero attached hydrogens (tertiary/aromatic N) is 4. The molecule has 1 atom stereocenters. The minimum absolute atomic E-state index is 0.0413.